The molecule has 0 bridgehead atoms. The number of amides is 2. The number of aromatic nitrogens is 1. The van der Waals surface area contributed by atoms with Crippen LogP contribution >= 0.6 is 11.8 Å². The third-order valence-corrected chi connectivity index (χ3v) is 5.59. The molecule has 0 saturated carbocycles. The van der Waals surface area contributed by atoms with E-state index in [9.17, 15) is 14.4 Å². The molecule has 1 aromatic heterocycles. The van der Waals surface area contributed by atoms with E-state index in [0.29, 0.717) is 19.5 Å². The van der Waals surface area contributed by atoms with Crippen LogP contribution in [0.25, 0.3) is 0 Å². The minimum atomic E-state index is -0.883. The summed E-state index contributed by atoms with van der Waals surface area (Å²) >= 11 is 0.983. The first-order chi connectivity index (χ1) is 15.0. The molecule has 1 unspecified atom stereocenters. The molecule has 2 aromatic rings. The van der Waals surface area contributed by atoms with Gasteiger partial charge in [-0.25, -0.2) is 9.59 Å². The molecule has 8 heteroatoms. The molecular formula is C23H29N3O4S. The van der Waals surface area contributed by atoms with Crippen LogP contribution in [0, 0.1) is 0 Å². The highest BCUT2D eigenvalue weighted by atomic mass is 32.2. The Labute approximate surface area is 187 Å². The van der Waals surface area contributed by atoms with E-state index in [-0.39, 0.29) is 16.9 Å². The summed E-state index contributed by atoms with van der Waals surface area (Å²) in [5.41, 5.74) is 2.29. The average Bonchev–Trinajstić information content (AvgIpc) is 2.79. The average molecular weight is 444 g/mol. The number of ether oxygens (including phenoxy) is 1. The number of methoxy groups -OCH3 is 1. The Bertz CT molecular complexity index is 833. The molecule has 31 heavy (non-hydrogen) atoms. The van der Waals surface area contributed by atoms with Gasteiger partial charge < -0.3 is 15.0 Å². The molecule has 0 radical (unpaired) electrons. The lowest BCUT2D eigenvalue weighted by atomic mass is 10.1. The maximum Gasteiger partial charge on any atom is 0.329 e. The fourth-order valence-electron chi connectivity index (χ4n) is 3.00. The second-order valence-corrected chi connectivity index (χ2v) is 8.21. The number of esters is 1. The van der Waals surface area contributed by atoms with Crippen molar-refractivity contribution in [1.29, 1.82) is 0 Å². The molecule has 2 rings (SSSR count). The summed E-state index contributed by atoms with van der Waals surface area (Å²) in [5.74, 6) is -0.431. The number of nitrogens with zero attached hydrogens (tertiary/aromatic N) is 2. The quantitative estimate of drug-likeness (QED) is 0.537. The number of thioether (sulfide) groups is 1. The number of hydrogen-bond donors (Lipinski definition) is 1. The largest absolute Gasteiger partial charge is 0.467 e. The molecule has 166 valence electrons. The second kappa shape index (κ2) is 13.4. The number of urea groups is 1. The van der Waals surface area contributed by atoms with Gasteiger partial charge in [0.05, 0.1) is 7.11 Å². The third kappa shape index (κ3) is 9.21. The zero-order valence-corrected chi connectivity index (χ0v) is 18.8. The molecule has 1 heterocycles. The molecule has 0 saturated heterocycles. The third-order valence-electron chi connectivity index (χ3n) is 4.68. The van der Waals surface area contributed by atoms with Crippen molar-refractivity contribution in [2.24, 2.45) is 0 Å². The predicted molar refractivity (Wildman–Crippen MR) is 122 cm³/mol. The SMILES string of the molecule is COC(=O)C(CSC(C)=O)NC(=O)N(CCCc1ccncc1)CCc1ccccc1. The standard InChI is InChI=1S/C23H29N3O4S/c1-18(27)31-17-21(22(28)30-2)25-23(29)26(16-12-19-7-4-3-5-8-19)15-6-9-20-10-13-24-14-11-20/h3-5,7-8,10-11,13-14,21H,6,9,12,15-17H2,1-2H3,(H,25,29). The molecule has 1 N–H and O–H groups in total. The summed E-state index contributed by atoms with van der Waals surface area (Å²) < 4.78 is 4.79. The number of aryl methyl sites for hydroxylation is 1. The van der Waals surface area contributed by atoms with Gasteiger partial charge in [0, 0.05) is 38.2 Å². The van der Waals surface area contributed by atoms with Crippen molar-refractivity contribution >= 4 is 28.9 Å². The Morgan fingerprint density at radius 2 is 1.71 bits per heavy atom. The van der Waals surface area contributed by atoms with Crippen molar-refractivity contribution in [3.05, 3.63) is 66.0 Å². The van der Waals surface area contributed by atoms with Crippen LogP contribution < -0.4 is 5.32 Å². The molecule has 2 amide bonds. The van der Waals surface area contributed by atoms with Gasteiger partial charge in [-0.15, -0.1) is 0 Å². The number of rotatable bonds is 11. The summed E-state index contributed by atoms with van der Waals surface area (Å²) in [5, 5.41) is 2.61. The lowest BCUT2D eigenvalue weighted by Crippen LogP contribution is -2.50. The van der Waals surface area contributed by atoms with Crippen LogP contribution in [0.2, 0.25) is 0 Å². The van der Waals surface area contributed by atoms with E-state index in [4.69, 9.17) is 4.74 Å². The van der Waals surface area contributed by atoms with Crippen molar-refractivity contribution in [3.8, 4) is 0 Å². The summed E-state index contributed by atoms with van der Waals surface area (Å²) in [6.07, 6.45) is 5.80. The topological polar surface area (TPSA) is 88.6 Å². The van der Waals surface area contributed by atoms with Gasteiger partial charge in [0.1, 0.15) is 6.04 Å². The van der Waals surface area contributed by atoms with Gasteiger partial charge in [-0.3, -0.25) is 9.78 Å². The highest BCUT2D eigenvalue weighted by Gasteiger charge is 2.25. The number of nitrogens with one attached hydrogen (secondary N) is 1. The van der Waals surface area contributed by atoms with Gasteiger partial charge in [-0.05, 0) is 42.5 Å². The maximum atomic E-state index is 13.0. The molecule has 1 aromatic carbocycles. The van der Waals surface area contributed by atoms with Crippen LogP contribution in [0.4, 0.5) is 4.79 Å². The van der Waals surface area contributed by atoms with Gasteiger partial charge in [-0.2, -0.15) is 0 Å². The number of hydrogen-bond acceptors (Lipinski definition) is 6. The van der Waals surface area contributed by atoms with Crippen LogP contribution in [0.15, 0.2) is 54.9 Å². The Hall–Kier alpha value is -2.87. The van der Waals surface area contributed by atoms with Crippen LogP contribution in [-0.2, 0) is 27.2 Å². The van der Waals surface area contributed by atoms with E-state index in [0.717, 1.165) is 35.7 Å². The van der Waals surface area contributed by atoms with Gasteiger partial charge in [0.15, 0.2) is 5.12 Å². The van der Waals surface area contributed by atoms with Crippen molar-refractivity contribution in [3.63, 3.8) is 0 Å². The van der Waals surface area contributed by atoms with E-state index in [1.807, 2.05) is 42.5 Å². The van der Waals surface area contributed by atoms with Crippen LogP contribution in [-0.4, -0.2) is 59.0 Å². The smallest absolute Gasteiger partial charge is 0.329 e. The lowest BCUT2D eigenvalue weighted by Gasteiger charge is -2.26. The number of carbonyl (C=O) groups is 3. The van der Waals surface area contributed by atoms with Crippen LogP contribution in [0.1, 0.15) is 24.5 Å². The Kier molecular flexibility index (Phi) is 10.6. The van der Waals surface area contributed by atoms with Crippen LogP contribution in [0.3, 0.4) is 0 Å². The fourth-order valence-corrected chi connectivity index (χ4v) is 3.62. The molecule has 0 fully saturated rings. The zero-order chi connectivity index (χ0) is 22.5. The Morgan fingerprint density at radius 3 is 2.35 bits per heavy atom. The number of carbonyl (C=O) groups excluding carboxylic acids is 3. The summed E-state index contributed by atoms with van der Waals surface area (Å²) in [7, 11) is 1.27. The highest BCUT2D eigenvalue weighted by Crippen LogP contribution is 2.09. The monoisotopic (exact) mass is 443 g/mol. The van der Waals surface area contributed by atoms with E-state index in [1.165, 1.54) is 14.0 Å². The maximum absolute atomic E-state index is 13.0. The van der Waals surface area contributed by atoms with Crippen molar-refractivity contribution in [1.82, 2.24) is 15.2 Å². The van der Waals surface area contributed by atoms with E-state index >= 15 is 0 Å². The van der Waals surface area contributed by atoms with Gasteiger partial charge >= 0.3 is 12.0 Å². The van der Waals surface area contributed by atoms with E-state index in [2.05, 4.69) is 10.3 Å². The van der Waals surface area contributed by atoms with Gasteiger partial charge in [-0.1, -0.05) is 42.1 Å². The Morgan fingerprint density at radius 1 is 1.03 bits per heavy atom. The van der Waals surface area contributed by atoms with Crippen molar-refractivity contribution < 1.29 is 19.1 Å². The Balaban J connectivity index is 2.01. The number of benzene rings is 1. The first-order valence-corrected chi connectivity index (χ1v) is 11.2. The van der Waals surface area contributed by atoms with Gasteiger partial charge in [0.25, 0.3) is 0 Å². The molecular weight excluding hydrogens is 414 g/mol. The van der Waals surface area contributed by atoms with E-state index in [1.54, 1.807) is 17.3 Å². The summed E-state index contributed by atoms with van der Waals surface area (Å²) in [6, 6.07) is 12.6. The van der Waals surface area contributed by atoms with Crippen molar-refractivity contribution in [2.75, 3.05) is 26.0 Å². The number of pyridine rings is 1. The molecule has 1 atom stereocenters. The predicted octanol–water partition coefficient (Wildman–Crippen LogP) is 3.09. The fraction of sp³-hybridized carbons (Fsp3) is 0.391. The molecule has 0 aliphatic heterocycles. The zero-order valence-electron chi connectivity index (χ0n) is 18.0. The second-order valence-electron chi connectivity index (χ2n) is 7.01. The lowest BCUT2D eigenvalue weighted by molar-refractivity contribution is -0.142. The molecule has 0 aliphatic carbocycles. The van der Waals surface area contributed by atoms with Crippen molar-refractivity contribution in [2.45, 2.75) is 32.2 Å². The molecule has 7 nitrogen and oxygen atoms in total. The van der Waals surface area contributed by atoms with Crippen LogP contribution in [0.5, 0.6) is 0 Å². The summed E-state index contributed by atoms with van der Waals surface area (Å²) in [6.45, 7) is 2.47. The first kappa shape index (κ1) is 24.4. The summed E-state index contributed by atoms with van der Waals surface area (Å²) in [4.78, 5) is 42.1. The normalized spacial score (nSPS) is 11.4. The van der Waals surface area contributed by atoms with E-state index < -0.39 is 12.0 Å². The molecule has 0 spiro atoms. The minimum Gasteiger partial charge on any atom is -0.467 e. The van der Waals surface area contributed by atoms with Gasteiger partial charge in [0.2, 0.25) is 0 Å². The minimum absolute atomic E-state index is 0.124. The highest BCUT2D eigenvalue weighted by molar-refractivity contribution is 8.13. The molecule has 0 aliphatic rings. The first-order valence-electron chi connectivity index (χ1n) is 10.2.